The lowest BCUT2D eigenvalue weighted by Gasteiger charge is -2.37. The average Bonchev–Trinajstić information content (AvgIpc) is 3.01. The molecule has 0 unspecified atom stereocenters. The Hall–Kier alpha value is -0.970. The molecule has 0 amide bonds. The molecule has 2 saturated carbocycles. The molecule has 0 atom stereocenters. The van der Waals surface area contributed by atoms with Gasteiger partial charge < -0.3 is 5.32 Å². The fourth-order valence-corrected chi connectivity index (χ4v) is 3.55. The number of H-pyrrole nitrogens is 1. The highest BCUT2D eigenvalue weighted by Gasteiger charge is 2.37. The van der Waals surface area contributed by atoms with Crippen LogP contribution in [0.3, 0.4) is 0 Å². The molecule has 1 heterocycles. The second-order valence-electron chi connectivity index (χ2n) is 5.69. The Morgan fingerprint density at radius 3 is 2.59 bits per heavy atom. The van der Waals surface area contributed by atoms with Gasteiger partial charge in [0.2, 0.25) is 0 Å². The molecule has 1 spiro atoms. The van der Waals surface area contributed by atoms with E-state index in [1.807, 2.05) is 0 Å². The third-order valence-electron chi connectivity index (χ3n) is 4.65. The molecule has 2 aliphatic carbocycles. The molecular formula is C12H21N5. The quantitative estimate of drug-likeness (QED) is 0.838. The van der Waals surface area contributed by atoms with Gasteiger partial charge in [0, 0.05) is 6.04 Å². The van der Waals surface area contributed by atoms with Gasteiger partial charge in [-0.15, -0.1) is 10.2 Å². The van der Waals surface area contributed by atoms with Crippen molar-refractivity contribution in [3.63, 3.8) is 0 Å². The average molecular weight is 235 g/mol. The van der Waals surface area contributed by atoms with Crippen molar-refractivity contribution in [1.29, 1.82) is 0 Å². The van der Waals surface area contributed by atoms with Gasteiger partial charge in [-0.2, -0.15) is 5.21 Å². The van der Waals surface area contributed by atoms with Crippen molar-refractivity contribution < 1.29 is 0 Å². The van der Waals surface area contributed by atoms with Crippen LogP contribution in [0.4, 0.5) is 0 Å². The summed E-state index contributed by atoms with van der Waals surface area (Å²) in [6.45, 7) is 0.744. The van der Waals surface area contributed by atoms with Crippen LogP contribution in [0.5, 0.6) is 0 Å². The third kappa shape index (κ3) is 2.49. The second-order valence-corrected chi connectivity index (χ2v) is 5.69. The van der Waals surface area contributed by atoms with E-state index in [2.05, 4.69) is 25.9 Å². The number of aromatic nitrogens is 4. The van der Waals surface area contributed by atoms with E-state index in [4.69, 9.17) is 0 Å². The maximum Gasteiger partial charge on any atom is 0.188 e. The molecule has 0 radical (unpaired) electrons. The zero-order chi connectivity index (χ0) is 11.6. The molecule has 1 aromatic heterocycles. The molecule has 5 nitrogen and oxygen atoms in total. The summed E-state index contributed by atoms with van der Waals surface area (Å²) in [5.41, 5.74) is 0.727. The lowest BCUT2D eigenvalue weighted by atomic mass is 9.71. The van der Waals surface area contributed by atoms with E-state index >= 15 is 0 Å². The van der Waals surface area contributed by atoms with Crippen LogP contribution in [-0.4, -0.2) is 26.7 Å². The SMILES string of the molecule is C1CCC2(C1)CCC(NCc1nn[nH]n1)CC2. The summed E-state index contributed by atoms with van der Waals surface area (Å²) in [5.74, 6) is 0.770. The van der Waals surface area contributed by atoms with Gasteiger partial charge in [0.1, 0.15) is 0 Å². The van der Waals surface area contributed by atoms with E-state index < -0.39 is 0 Å². The van der Waals surface area contributed by atoms with Gasteiger partial charge >= 0.3 is 0 Å². The van der Waals surface area contributed by atoms with E-state index in [0.717, 1.165) is 17.8 Å². The highest BCUT2D eigenvalue weighted by Crippen LogP contribution is 2.48. The maximum absolute atomic E-state index is 3.96. The van der Waals surface area contributed by atoms with Crippen LogP contribution in [-0.2, 0) is 6.54 Å². The Kier molecular flexibility index (Phi) is 3.09. The highest BCUT2D eigenvalue weighted by atomic mass is 15.5. The normalized spacial score (nSPS) is 24.5. The van der Waals surface area contributed by atoms with Crippen molar-refractivity contribution in [3.05, 3.63) is 5.82 Å². The van der Waals surface area contributed by atoms with Gasteiger partial charge in [-0.1, -0.05) is 18.1 Å². The van der Waals surface area contributed by atoms with Gasteiger partial charge in [0.15, 0.2) is 5.82 Å². The van der Waals surface area contributed by atoms with Crippen LogP contribution in [0.2, 0.25) is 0 Å². The molecule has 2 N–H and O–H groups in total. The molecule has 17 heavy (non-hydrogen) atoms. The summed E-state index contributed by atoms with van der Waals surface area (Å²) in [6, 6.07) is 0.653. The summed E-state index contributed by atoms with van der Waals surface area (Å²) in [7, 11) is 0. The van der Waals surface area contributed by atoms with E-state index in [0.29, 0.717) is 6.04 Å². The minimum atomic E-state index is 0.653. The van der Waals surface area contributed by atoms with Crippen molar-refractivity contribution in [3.8, 4) is 0 Å². The number of tetrazole rings is 1. The number of rotatable bonds is 3. The van der Waals surface area contributed by atoms with Crippen molar-refractivity contribution >= 4 is 0 Å². The number of nitrogens with zero attached hydrogens (tertiary/aromatic N) is 3. The first kappa shape index (κ1) is 11.1. The number of aromatic amines is 1. The van der Waals surface area contributed by atoms with Gasteiger partial charge in [-0.25, -0.2) is 0 Å². The van der Waals surface area contributed by atoms with Crippen molar-refractivity contribution in [2.24, 2.45) is 5.41 Å². The molecule has 2 aliphatic rings. The molecule has 1 aromatic rings. The molecule has 5 heteroatoms. The zero-order valence-corrected chi connectivity index (χ0v) is 10.3. The smallest absolute Gasteiger partial charge is 0.188 e. The van der Waals surface area contributed by atoms with Crippen LogP contribution in [0.15, 0.2) is 0 Å². The van der Waals surface area contributed by atoms with E-state index in [1.54, 1.807) is 0 Å². The standard InChI is InChI=1S/C12H21N5/c1-2-6-12(5-1)7-3-10(4-8-12)13-9-11-14-16-17-15-11/h10,13H,1-9H2,(H,14,15,16,17). The number of hydrogen-bond donors (Lipinski definition) is 2. The Labute approximate surface area is 102 Å². The minimum Gasteiger partial charge on any atom is -0.307 e. The lowest BCUT2D eigenvalue weighted by molar-refractivity contribution is 0.167. The fourth-order valence-electron chi connectivity index (χ4n) is 3.55. The summed E-state index contributed by atoms with van der Waals surface area (Å²) >= 11 is 0. The van der Waals surface area contributed by atoms with Crippen LogP contribution >= 0.6 is 0 Å². The molecule has 0 saturated heterocycles. The van der Waals surface area contributed by atoms with Crippen molar-refractivity contribution in [2.45, 2.75) is 64.0 Å². The number of hydrogen-bond acceptors (Lipinski definition) is 4. The summed E-state index contributed by atoms with van der Waals surface area (Å²) in [6.07, 6.45) is 11.3. The van der Waals surface area contributed by atoms with Crippen LogP contribution in [0.1, 0.15) is 57.2 Å². The molecule has 0 aromatic carbocycles. The fraction of sp³-hybridized carbons (Fsp3) is 0.917. The van der Waals surface area contributed by atoms with Crippen molar-refractivity contribution in [1.82, 2.24) is 25.9 Å². The number of nitrogens with one attached hydrogen (secondary N) is 2. The van der Waals surface area contributed by atoms with Gasteiger partial charge in [0.25, 0.3) is 0 Å². The largest absolute Gasteiger partial charge is 0.307 e. The molecule has 0 aliphatic heterocycles. The molecule has 2 fully saturated rings. The predicted molar refractivity (Wildman–Crippen MR) is 64.2 cm³/mol. The highest BCUT2D eigenvalue weighted by molar-refractivity contribution is 4.91. The van der Waals surface area contributed by atoms with E-state index in [9.17, 15) is 0 Å². The predicted octanol–water partition coefficient (Wildman–Crippen LogP) is 1.79. The van der Waals surface area contributed by atoms with Gasteiger partial charge in [0.05, 0.1) is 6.54 Å². The first-order valence-electron chi connectivity index (χ1n) is 6.82. The van der Waals surface area contributed by atoms with Gasteiger partial charge in [-0.05, 0) is 43.9 Å². The van der Waals surface area contributed by atoms with E-state index in [1.165, 1.54) is 51.4 Å². The first-order chi connectivity index (χ1) is 8.36. The molecule has 0 bridgehead atoms. The Bertz CT molecular complexity index is 332. The minimum absolute atomic E-state index is 0.653. The van der Waals surface area contributed by atoms with Crippen LogP contribution in [0.25, 0.3) is 0 Å². The lowest BCUT2D eigenvalue weighted by Crippen LogP contribution is -2.36. The van der Waals surface area contributed by atoms with Crippen molar-refractivity contribution in [2.75, 3.05) is 0 Å². The monoisotopic (exact) mass is 235 g/mol. The Balaban J connectivity index is 1.45. The summed E-state index contributed by atoms with van der Waals surface area (Å²) in [4.78, 5) is 0. The Morgan fingerprint density at radius 1 is 1.18 bits per heavy atom. The Morgan fingerprint density at radius 2 is 1.94 bits per heavy atom. The summed E-state index contributed by atoms with van der Waals surface area (Å²) < 4.78 is 0. The molecule has 94 valence electrons. The first-order valence-corrected chi connectivity index (χ1v) is 6.82. The van der Waals surface area contributed by atoms with Crippen LogP contribution < -0.4 is 5.32 Å². The molecule has 3 rings (SSSR count). The topological polar surface area (TPSA) is 66.5 Å². The molecular weight excluding hydrogens is 214 g/mol. The summed E-state index contributed by atoms with van der Waals surface area (Å²) in [5, 5.41) is 17.5. The van der Waals surface area contributed by atoms with Crippen LogP contribution in [0, 0.1) is 5.41 Å². The second kappa shape index (κ2) is 4.72. The maximum atomic E-state index is 3.96. The third-order valence-corrected chi connectivity index (χ3v) is 4.65. The van der Waals surface area contributed by atoms with Gasteiger partial charge in [-0.3, -0.25) is 0 Å². The zero-order valence-electron chi connectivity index (χ0n) is 10.3. The van der Waals surface area contributed by atoms with E-state index in [-0.39, 0.29) is 0 Å².